The van der Waals surface area contributed by atoms with Crippen LogP contribution in [-0.2, 0) is 14.4 Å². The van der Waals surface area contributed by atoms with E-state index in [0.29, 0.717) is 0 Å². The van der Waals surface area contributed by atoms with E-state index in [1.54, 1.807) is 0 Å². The van der Waals surface area contributed by atoms with Crippen molar-refractivity contribution in [2.45, 2.75) is 31.8 Å². The van der Waals surface area contributed by atoms with Crippen LogP contribution >= 0.6 is 0 Å². The Hall–Kier alpha value is -1.43. The number of carboxylic acid groups (broad SMARTS) is 1. The summed E-state index contributed by atoms with van der Waals surface area (Å²) in [4.78, 5) is 34.1. The quantitative estimate of drug-likeness (QED) is 0.591. The van der Waals surface area contributed by atoms with Crippen LogP contribution in [0.2, 0.25) is 0 Å². The first-order chi connectivity index (χ1) is 6.45. The third-order valence-corrected chi connectivity index (χ3v) is 2.12. The zero-order valence-corrected chi connectivity index (χ0v) is 7.77. The van der Waals surface area contributed by atoms with Crippen molar-refractivity contribution in [3.63, 3.8) is 0 Å². The summed E-state index contributed by atoms with van der Waals surface area (Å²) >= 11 is 0. The number of rotatable bonds is 2. The number of nitrogens with zero attached hydrogens (tertiary/aromatic N) is 1. The number of carbonyl (C=O) groups is 3. The van der Waals surface area contributed by atoms with Gasteiger partial charge in [-0.1, -0.05) is 0 Å². The molecule has 1 aliphatic rings. The topological polar surface area (TPSA) is 101 Å². The number of amides is 2. The minimum absolute atomic E-state index is 0.0927. The van der Waals surface area contributed by atoms with Crippen LogP contribution in [0, 0.1) is 0 Å². The first-order valence-corrected chi connectivity index (χ1v) is 4.29. The third-order valence-electron chi connectivity index (χ3n) is 2.12. The van der Waals surface area contributed by atoms with Gasteiger partial charge in [0.25, 0.3) is 0 Å². The van der Waals surface area contributed by atoms with E-state index in [4.69, 9.17) is 10.8 Å². The maximum Gasteiger partial charge on any atom is 0.326 e. The van der Waals surface area contributed by atoms with Crippen LogP contribution in [0.1, 0.15) is 19.8 Å². The van der Waals surface area contributed by atoms with Gasteiger partial charge in [-0.25, -0.2) is 4.79 Å². The smallest absolute Gasteiger partial charge is 0.326 e. The lowest BCUT2D eigenvalue weighted by atomic mass is 10.2. The van der Waals surface area contributed by atoms with E-state index in [9.17, 15) is 14.4 Å². The van der Waals surface area contributed by atoms with Crippen molar-refractivity contribution in [3.05, 3.63) is 0 Å². The molecule has 1 saturated heterocycles. The molecule has 0 aromatic rings. The second-order valence-electron chi connectivity index (χ2n) is 3.28. The Morgan fingerprint density at radius 1 is 1.64 bits per heavy atom. The van der Waals surface area contributed by atoms with Gasteiger partial charge in [0.1, 0.15) is 6.04 Å². The molecule has 1 fully saturated rings. The van der Waals surface area contributed by atoms with E-state index >= 15 is 0 Å². The second-order valence-corrected chi connectivity index (χ2v) is 3.28. The van der Waals surface area contributed by atoms with Crippen molar-refractivity contribution in [2.75, 3.05) is 0 Å². The molecule has 0 spiro atoms. The molecule has 3 N–H and O–H groups in total. The molecule has 78 valence electrons. The number of hydrogen-bond acceptors (Lipinski definition) is 4. The van der Waals surface area contributed by atoms with E-state index in [1.807, 2.05) is 0 Å². The SMILES string of the molecule is CC(N)C(=O)N1C(=O)CCC1C(=O)O. The summed E-state index contributed by atoms with van der Waals surface area (Å²) in [6.45, 7) is 1.42. The molecule has 0 aromatic heterocycles. The molecule has 0 aliphatic carbocycles. The maximum absolute atomic E-state index is 11.4. The number of carbonyl (C=O) groups excluding carboxylic acids is 2. The summed E-state index contributed by atoms with van der Waals surface area (Å²) in [6.07, 6.45) is 0.266. The van der Waals surface area contributed by atoms with Crippen LogP contribution in [0.25, 0.3) is 0 Å². The van der Waals surface area contributed by atoms with E-state index < -0.39 is 29.9 Å². The van der Waals surface area contributed by atoms with Crippen molar-refractivity contribution >= 4 is 17.8 Å². The van der Waals surface area contributed by atoms with Crippen molar-refractivity contribution in [1.29, 1.82) is 0 Å². The van der Waals surface area contributed by atoms with Gasteiger partial charge in [-0.15, -0.1) is 0 Å². The van der Waals surface area contributed by atoms with E-state index in [-0.39, 0.29) is 12.8 Å². The highest BCUT2D eigenvalue weighted by atomic mass is 16.4. The molecule has 0 bridgehead atoms. The summed E-state index contributed by atoms with van der Waals surface area (Å²) in [5.74, 6) is -2.25. The molecule has 14 heavy (non-hydrogen) atoms. The highest BCUT2D eigenvalue weighted by Crippen LogP contribution is 2.19. The average Bonchev–Trinajstić information content (AvgIpc) is 2.45. The molecule has 0 aromatic carbocycles. The van der Waals surface area contributed by atoms with Gasteiger partial charge in [0.15, 0.2) is 0 Å². The fourth-order valence-electron chi connectivity index (χ4n) is 1.41. The fraction of sp³-hybridized carbons (Fsp3) is 0.625. The number of aliphatic carboxylic acids is 1. The molecule has 2 atom stereocenters. The zero-order chi connectivity index (χ0) is 10.9. The number of likely N-dealkylation sites (tertiary alicyclic amines) is 1. The first kappa shape index (κ1) is 10.6. The fourth-order valence-corrected chi connectivity index (χ4v) is 1.41. The van der Waals surface area contributed by atoms with Gasteiger partial charge in [-0.2, -0.15) is 0 Å². The largest absolute Gasteiger partial charge is 0.480 e. The highest BCUT2D eigenvalue weighted by Gasteiger charge is 2.40. The molecule has 1 heterocycles. The Labute approximate surface area is 80.7 Å². The molecule has 6 heteroatoms. The lowest BCUT2D eigenvalue weighted by molar-refractivity contribution is -0.154. The third kappa shape index (κ3) is 1.74. The van der Waals surface area contributed by atoms with Gasteiger partial charge in [-0.05, 0) is 13.3 Å². The van der Waals surface area contributed by atoms with Gasteiger partial charge in [0.2, 0.25) is 11.8 Å². The minimum Gasteiger partial charge on any atom is -0.480 e. The molecule has 6 nitrogen and oxygen atoms in total. The van der Waals surface area contributed by atoms with Crippen LogP contribution < -0.4 is 5.73 Å². The molecule has 2 amide bonds. The number of imide groups is 1. The predicted molar refractivity (Wildman–Crippen MR) is 46.2 cm³/mol. The average molecular weight is 200 g/mol. The van der Waals surface area contributed by atoms with E-state index in [1.165, 1.54) is 6.92 Å². The minimum atomic E-state index is -1.16. The summed E-state index contributed by atoms with van der Waals surface area (Å²) in [5.41, 5.74) is 5.30. The van der Waals surface area contributed by atoms with Gasteiger partial charge in [0, 0.05) is 6.42 Å². The normalized spacial score (nSPS) is 23.7. The molecule has 1 aliphatic heterocycles. The van der Waals surface area contributed by atoms with E-state index in [2.05, 4.69) is 0 Å². The Bertz CT molecular complexity index is 287. The Morgan fingerprint density at radius 3 is 2.64 bits per heavy atom. The summed E-state index contributed by atoms with van der Waals surface area (Å²) in [6, 6.07) is -1.89. The summed E-state index contributed by atoms with van der Waals surface area (Å²) < 4.78 is 0. The molecular formula is C8H12N2O4. The Kier molecular flexibility index (Phi) is 2.85. The molecule has 0 radical (unpaired) electrons. The number of hydrogen-bond donors (Lipinski definition) is 2. The van der Waals surface area contributed by atoms with Gasteiger partial charge in [-0.3, -0.25) is 14.5 Å². The van der Waals surface area contributed by atoms with Crippen molar-refractivity contribution in [3.8, 4) is 0 Å². The van der Waals surface area contributed by atoms with Crippen molar-refractivity contribution < 1.29 is 19.5 Å². The van der Waals surface area contributed by atoms with Gasteiger partial charge in [0.05, 0.1) is 6.04 Å². The number of carboxylic acids is 1. The van der Waals surface area contributed by atoms with Crippen LogP contribution in [0.5, 0.6) is 0 Å². The van der Waals surface area contributed by atoms with Crippen LogP contribution in [0.4, 0.5) is 0 Å². The molecular weight excluding hydrogens is 188 g/mol. The Morgan fingerprint density at radius 2 is 2.21 bits per heavy atom. The van der Waals surface area contributed by atoms with Crippen molar-refractivity contribution in [1.82, 2.24) is 4.90 Å². The molecule has 0 saturated carbocycles. The van der Waals surface area contributed by atoms with E-state index in [0.717, 1.165) is 4.90 Å². The Balaban J connectivity index is 2.87. The molecule has 1 rings (SSSR count). The second kappa shape index (κ2) is 3.75. The van der Waals surface area contributed by atoms with Crippen molar-refractivity contribution in [2.24, 2.45) is 5.73 Å². The number of nitrogens with two attached hydrogens (primary N) is 1. The summed E-state index contributed by atoms with van der Waals surface area (Å²) in [5, 5.41) is 8.75. The highest BCUT2D eigenvalue weighted by molar-refractivity contribution is 6.03. The van der Waals surface area contributed by atoms with Gasteiger partial charge >= 0.3 is 5.97 Å². The van der Waals surface area contributed by atoms with Gasteiger partial charge < -0.3 is 10.8 Å². The maximum atomic E-state index is 11.4. The summed E-state index contributed by atoms with van der Waals surface area (Å²) in [7, 11) is 0. The zero-order valence-electron chi connectivity index (χ0n) is 7.77. The lowest BCUT2D eigenvalue weighted by Crippen LogP contribution is -2.49. The predicted octanol–water partition coefficient (Wildman–Crippen LogP) is -1.06. The standard InChI is InChI=1S/C8H12N2O4/c1-4(9)7(12)10-5(8(13)14)2-3-6(10)11/h4-5H,2-3,9H2,1H3,(H,13,14). The van der Waals surface area contributed by atoms with Crippen LogP contribution in [0.15, 0.2) is 0 Å². The van der Waals surface area contributed by atoms with Crippen LogP contribution in [-0.4, -0.2) is 39.9 Å². The monoisotopic (exact) mass is 200 g/mol. The van der Waals surface area contributed by atoms with Crippen LogP contribution in [0.3, 0.4) is 0 Å². The first-order valence-electron chi connectivity index (χ1n) is 4.29. The lowest BCUT2D eigenvalue weighted by Gasteiger charge is -2.21. The molecule has 2 unspecified atom stereocenters.